The molecule has 2 aromatic heterocycles. The number of amides is 1. The molecule has 1 aliphatic carbocycles. The van der Waals surface area contributed by atoms with Crippen LogP contribution in [0.4, 0.5) is 27.7 Å². The van der Waals surface area contributed by atoms with Crippen molar-refractivity contribution in [2.45, 2.75) is 64.0 Å². The molecule has 3 heterocycles. The van der Waals surface area contributed by atoms with Crippen molar-refractivity contribution in [3.05, 3.63) is 64.7 Å². The van der Waals surface area contributed by atoms with E-state index in [0.717, 1.165) is 18.8 Å². The molecule has 4 N–H and O–H groups in total. The molecule has 1 amide bonds. The maximum absolute atomic E-state index is 14.8. The van der Waals surface area contributed by atoms with Gasteiger partial charge in [0.05, 0.1) is 17.2 Å². The van der Waals surface area contributed by atoms with Crippen molar-refractivity contribution in [1.29, 1.82) is 5.26 Å². The molecule has 0 bridgehead atoms. The van der Waals surface area contributed by atoms with Crippen molar-refractivity contribution in [2.24, 2.45) is 0 Å². The SMILES string of the molecule is CC(C)NC(=O)c1cnc(Nc2ccc3c(c2)CNCC32CC2)nc1Nc1nc(C(C)(C)C#N)ccc1F. The van der Waals surface area contributed by atoms with E-state index in [9.17, 15) is 14.4 Å². The molecule has 38 heavy (non-hydrogen) atoms. The molecule has 10 heteroatoms. The maximum Gasteiger partial charge on any atom is 0.256 e. The highest BCUT2D eigenvalue weighted by Gasteiger charge is 2.46. The first-order chi connectivity index (χ1) is 18.1. The van der Waals surface area contributed by atoms with Gasteiger partial charge in [-0.05, 0) is 75.9 Å². The highest BCUT2D eigenvalue weighted by atomic mass is 19.1. The Balaban J connectivity index is 1.48. The topological polar surface area (TPSA) is 128 Å². The lowest BCUT2D eigenvalue weighted by Crippen LogP contribution is -2.33. The van der Waals surface area contributed by atoms with Gasteiger partial charge in [0.1, 0.15) is 11.4 Å². The van der Waals surface area contributed by atoms with E-state index in [-0.39, 0.29) is 34.6 Å². The van der Waals surface area contributed by atoms with Crippen LogP contribution in [0.5, 0.6) is 0 Å². The first kappa shape index (κ1) is 25.5. The summed E-state index contributed by atoms with van der Waals surface area (Å²) in [6, 6.07) is 11.0. The molecule has 1 aliphatic heterocycles. The van der Waals surface area contributed by atoms with Crippen molar-refractivity contribution in [3.63, 3.8) is 0 Å². The summed E-state index contributed by atoms with van der Waals surface area (Å²) in [5.74, 6) is -0.842. The number of anilines is 4. The molecule has 1 fully saturated rings. The maximum atomic E-state index is 14.8. The first-order valence-electron chi connectivity index (χ1n) is 12.7. The fourth-order valence-corrected chi connectivity index (χ4v) is 4.68. The smallest absolute Gasteiger partial charge is 0.256 e. The summed E-state index contributed by atoms with van der Waals surface area (Å²) < 4.78 is 14.8. The lowest BCUT2D eigenvalue weighted by atomic mass is 9.88. The van der Waals surface area contributed by atoms with Crippen LogP contribution in [0.25, 0.3) is 0 Å². The van der Waals surface area contributed by atoms with E-state index in [1.165, 1.54) is 42.3 Å². The number of nitrogens with one attached hydrogen (secondary N) is 4. The normalized spacial score (nSPS) is 15.5. The number of carbonyl (C=O) groups is 1. The second-order valence-electron chi connectivity index (χ2n) is 10.9. The zero-order chi connectivity index (χ0) is 27.1. The van der Waals surface area contributed by atoms with E-state index in [1.807, 2.05) is 19.9 Å². The van der Waals surface area contributed by atoms with Crippen LogP contribution in [0.2, 0.25) is 0 Å². The number of nitrogens with zero attached hydrogens (tertiary/aromatic N) is 4. The molecule has 1 saturated carbocycles. The van der Waals surface area contributed by atoms with Crippen LogP contribution in [-0.2, 0) is 17.4 Å². The third-order valence-electron chi connectivity index (χ3n) is 7.02. The standard InChI is InChI=1S/C28H31FN8O/c1-16(2)33-25(38)19-13-32-26(34-18-5-6-20-17(11-18)12-31-15-28(20)9-10-28)37-23(19)36-24-21(29)7-8-22(35-24)27(3,4)14-30/h5-8,11,13,16,31H,9-10,12,15H2,1-4H3,(H,33,38)(H2,32,34,35,36,37). The average Bonchev–Trinajstić information content (AvgIpc) is 3.64. The lowest BCUT2D eigenvalue weighted by molar-refractivity contribution is 0.0943. The Hall–Kier alpha value is -4.10. The number of fused-ring (bicyclic) bond motifs is 2. The summed E-state index contributed by atoms with van der Waals surface area (Å²) in [7, 11) is 0. The van der Waals surface area contributed by atoms with Gasteiger partial charge in [-0.25, -0.2) is 14.4 Å². The molecule has 9 nitrogen and oxygen atoms in total. The van der Waals surface area contributed by atoms with Gasteiger partial charge in [0.15, 0.2) is 11.6 Å². The molecular formula is C28H31FN8O. The third kappa shape index (κ3) is 5.02. The van der Waals surface area contributed by atoms with Crippen molar-refractivity contribution in [2.75, 3.05) is 17.2 Å². The van der Waals surface area contributed by atoms with Gasteiger partial charge in [-0.15, -0.1) is 0 Å². The van der Waals surface area contributed by atoms with Crippen LogP contribution in [0.1, 0.15) is 67.7 Å². The van der Waals surface area contributed by atoms with E-state index >= 15 is 0 Å². The van der Waals surface area contributed by atoms with Gasteiger partial charge >= 0.3 is 0 Å². The highest BCUT2D eigenvalue weighted by molar-refractivity contribution is 5.99. The second kappa shape index (κ2) is 9.65. The first-order valence-corrected chi connectivity index (χ1v) is 12.7. The largest absolute Gasteiger partial charge is 0.350 e. The predicted molar refractivity (Wildman–Crippen MR) is 143 cm³/mol. The molecule has 0 saturated heterocycles. The number of hydrogen-bond donors (Lipinski definition) is 4. The number of aromatic nitrogens is 3. The van der Waals surface area contributed by atoms with Gasteiger partial charge in [-0.2, -0.15) is 10.2 Å². The van der Waals surface area contributed by atoms with E-state index in [2.05, 4.69) is 54.4 Å². The molecule has 0 unspecified atom stereocenters. The zero-order valence-corrected chi connectivity index (χ0v) is 21.9. The number of carbonyl (C=O) groups excluding carboxylic acids is 1. The summed E-state index contributed by atoms with van der Waals surface area (Å²) in [5, 5.41) is 21.9. The van der Waals surface area contributed by atoms with Crippen LogP contribution in [0.3, 0.4) is 0 Å². The molecule has 0 radical (unpaired) electrons. The van der Waals surface area contributed by atoms with Crippen molar-refractivity contribution < 1.29 is 9.18 Å². The second-order valence-corrected chi connectivity index (χ2v) is 10.9. The minimum atomic E-state index is -0.930. The molecule has 0 atom stereocenters. The summed E-state index contributed by atoms with van der Waals surface area (Å²) in [4.78, 5) is 26.1. The van der Waals surface area contributed by atoms with Crippen molar-refractivity contribution >= 4 is 29.2 Å². The number of pyridine rings is 1. The van der Waals surface area contributed by atoms with Gasteiger partial charge in [0, 0.05) is 36.4 Å². The highest BCUT2D eigenvalue weighted by Crippen LogP contribution is 2.50. The minimum Gasteiger partial charge on any atom is -0.350 e. The number of hydrogen-bond acceptors (Lipinski definition) is 8. The average molecular weight is 515 g/mol. The van der Waals surface area contributed by atoms with E-state index in [4.69, 9.17) is 0 Å². The van der Waals surface area contributed by atoms with Gasteiger partial charge in [0.25, 0.3) is 5.91 Å². The van der Waals surface area contributed by atoms with Crippen LogP contribution < -0.4 is 21.3 Å². The monoisotopic (exact) mass is 514 g/mol. The summed E-state index contributed by atoms with van der Waals surface area (Å²) in [5.41, 5.74) is 3.33. The Kier molecular flexibility index (Phi) is 6.49. The Labute approximate surface area is 221 Å². The molecule has 1 spiro atoms. The van der Waals surface area contributed by atoms with Crippen LogP contribution in [0, 0.1) is 17.1 Å². The van der Waals surface area contributed by atoms with Crippen LogP contribution in [-0.4, -0.2) is 33.4 Å². The fraction of sp³-hybridized carbons (Fsp3) is 0.393. The van der Waals surface area contributed by atoms with Crippen molar-refractivity contribution in [3.8, 4) is 6.07 Å². The van der Waals surface area contributed by atoms with Gasteiger partial charge in [0.2, 0.25) is 5.95 Å². The molecule has 1 aromatic carbocycles. The molecule has 3 aromatic rings. The minimum absolute atomic E-state index is 0.0931. The van der Waals surface area contributed by atoms with Crippen LogP contribution >= 0.6 is 0 Å². The number of nitriles is 1. The Morgan fingerprint density at radius 1 is 1.16 bits per heavy atom. The number of halogens is 1. The van der Waals surface area contributed by atoms with Gasteiger partial charge in [-0.1, -0.05) is 6.07 Å². The zero-order valence-electron chi connectivity index (χ0n) is 21.9. The fourth-order valence-electron chi connectivity index (χ4n) is 4.68. The van der Waals surface area contributed by atoms with Gasteiger partial charge in [-0.3, -0.25) is 4.79 Å². The molecular weight excluding hydrogens is 483 g/mol. The van der Waals surface area contributed by atoms with E-state index in [0.29, 0.717) is 5.69 Å². The van der Waals surface area contributed by atoms with E-state index < -0.39 is 17.1 Å². The van der Waals surface area contributed by atoms with Crippen molar-refractivity contribution in [1.82, 2.24) is 25.6 Å². The molecule has 5 rings (SSSR count). The predicted octanol–water partition coefficient (Wildman–Crippen LogP) is 4.57. The Morgan fingerprint density at radius 3 is 2.66 bits per heavy atom. The summed E-state index contributed by atoms with van der Waals surface area (Å²) >= 11 is 0. The summed E-state index contributed by atoms with van der Waals surface area (Å²) in [6.07, 6.45) is 3.81. The van der Waals surface area contributed by atoms with Gasteiger partial charge < -0.3 is 21.3 Å². The number of rotatable bonds is 7. The number of benzene rings is 1. The molecule has 2 aliphatic rings. The Morgan fingerprint density at radius 2 is 1.95 bits per heavy atom. The quantitative estimate of drug-likeness (QED) is 0.361. The van der Waals surface area contributed by atoms with Crippen LogP contribution in [0.15, 0.2) is 36.5 Å². The van der Waals surface area contributed by atoms with E-state index in [1.54, 1.807) is 13.8 Å². The third-order valence-corrected chi connectivity index (χ3v) is 7.02. The Bertz CT molecular complexity index is 1440. The molecule has 196 valence electrons. The summed E-state index contributed by atoms with van der Waals surface area (Å²) in [6.45, 7) is 8.90. The lowest BCUT2D eigenvalue weighted by Gasteiger charge is -2.26.